The van der Waals surface area contributed by atoms with Gasteiger partial charge < -0.3 is 10.3 Å². The van der Waals surface area contributed by atoms with Gasteiger partial charge in [0.25, 0.3) is 0 Å². The first kappa shape index (κ1) is 10.0. The molecule has 0 bridgehead atoms. The fourth-order valence-electron chi connectivity index (χ4n) is 1.74. The van der Waals surface area contributed by atoms with Crippen LogP contribution >= 0.6 is 0 Å². The summed E-state index contributed by atoms with van der Waals surface area (Å²) < 4.78 is 2.19. The molecule has 1 heterocycles. The van der Waals surface area contributed by atoms with E-state index in [9.17, 15) is 0 Å². The predicted molar refractivity (Wildman–Crippen MR) is 63.9 cm³/mol. The monoisotopic (exact) mass is 203 g/mol. The van der Waals surface area contributed by atoms with Crippen molar-refractivity contribution in [3.05, 3.63) is 24.0 Å². The highest BCUT2D eigenvalue weighted by molar-refractivity contribution is 5.81. The molecule has 0 radical (unpaired) electrons. The average Bonchev–Trinajstić information content (AvgIpc) is 2.61. The first-order valence-corrected chi connectivity index (χ1v) is 5.36. The minimum Gasteiger partial charge on any atom is -0.398 e. The number of imidazole rings is 1. The van der Waals surface area contributed by atoms with Crippen molar-refractivity contribution in [2.45, 2.75) is 33.2 Å². The van der Waals surface area contributed by atoms with Gasteiger partial charge in [-0.1, -0.05) is 6.92 Å². The second-order valence-electron chi connectivity index (χ2n) is 4.11. The van der Waals surface area contributed by atoms with Crippen LogP contribution in [-0.2, 0) is 0 Å². The summed E-state index contributed by atoms with van der Waals surface area (Å²) in [4.78, 5) is 4.40. The van der Waals surface area contributed by atoms with E-state index in [0.717, 1.165) is 28.7 Å². The molecule has 0 aliphatic rings. The minimum absolute atomic E-state index is 0.470. The number of aromatic nitrogens is 2. The van der Waals surface area contributed by atoms with Crippen LogP contribution in [0.3, 0.4) is 0 Å². The summed E-state index contributed by atoms with van der Waals surface area (Å²) in [6.45, 7) is 6.38. The number of rotatable bonds is 2. The Morgan fingerprint density at radius 3 is 2.87 bits per heavy atom. The lowest BCUT2D eigenvalue weighted by Gasteiger charge is -2.12. The van der Waals surface area contributed by atoms with Crippen LogP contribution in [-0.4, -0.2) is 9.55 Å². The van der Waals surface area contributed by atoms with Crippen LogP contribution in [0.4, 0.5) is 5.69 Å². The molecule has 0 fully saturated rings. The average molecular weight is 203 g/mol. The number of anilines is 1. The predicted octanol–water partition coefficient (Wildman–Crippen LogP) is 2.90. The number of aryl methyl sites for hydroxylation is 1. The number of nitrogens with zero attached hydrogens (tertiary/aromatic N) is 2. The van der Waals surface area contributed by atoms with Crippen LogP contribution in [0.25, 0.3) is 11.0 Å². The Bertz CT molecular complexity index is 485. The van der Waals surface area contributed by atoms with Crippen molar-refractivity contribution in [1.82, 2.24) is 9.55 Å². The number of nitrogen functional groups attached to an aromatic ring is 1. The standard InChI is InChI=1S/C12H17N3/c1-4-9(3)15-7-14-11-5-8(2)10(13)6-12(11)15/h5-7,9H,4,13H2,1-3H3/t9-/m0/s1. The molecule has 0 saturated heterocycles. The number of fused-ring (bicyclic) bond motifs is 1. The number of nitrogens with two attached hydrogens (primary N) is 1. The summed E-state index contributed by atoms with van der Waals surface area (Å²) in [5, 5.41) is 0. The maximum atomic E-state index is 5.91. The molecule has 0 unspecified atom stereocenters. The largest absolute Gasteiger partial charge is 0.398 e. The smallest absolute Gasteiger partial charge is 0.0960 e. The molecule has 2 aromatic rings. The summed E-state index contributed by atoms with van der Waals surface area (Å²) >= 11 is 0. The molecule has 1 aromatic heterocycles. The number of hydrogen-bond donors (Lipinski definition) is 1. The second-order valence-corrected chi connectivity index (χ2v) is 4.11. The lowest BCUT2D eigenvalue weighted by atomic mass is 10.1. The molecule has 0 spiro atoms. The van der Waals surface area contributed by atoms with Crippen LogP contribution in [0.2, 0.25) is 0 Å². The van der Waals surface area contributed by atoms with E-state index in [-0.39, 0.29) is 0 Å². The molecule has 0 aliphatic carbocycles. The van der Waals surface area contributed by atoms with E-state index in [4.69, 9.17) is 5.73 Å². The summed E-state index contributed by atoms with van der Waals surface area (Å²) in [5.41, 5.74) is 10.0. The second kappa shape index (κ2) is 3.57. The van der Waals surface area contributed by atoms with Gasteiger partial charge in [0.2, 0.25) is 0 Å². The van der Waals surface area contributed by atoms with Crippen molar-refractivity contribution in [2.75, 3.05) is 5.73 Å². The number of benzene rings is 1. The molecule has 15 heavy (non-hydrogen) atoms. The summed E-state index contributed by atoms with van der Waals surface area (Å²) in [6, 6.07) is 4.53. The zero-order valence-electron chi connectivity index (χ0n) is 9.49. The number of hydrogen-bond acceptors (Lipinski definition) is 2. The van der Waals surface area contributed by atoms with Crippen molar-refractivity contribution in [2.24, 2.45) is 0 Å². The van der Waals surface area contributed by atoms with E-state index in [0.29, 0.717) is 6.04 Å². The third-order valence-electron chi connectivity index (χ3n) is 3.03. The van der Waals surface area contributed by atoms with Crippen LogP contribution in [0.5, 0.6) is 0 Å². The molecule has 0 saturated carbocycles. The molecule has 1 atom stereocenters. The first-order valence-electron chi connectivity index (χ1n) is 5.36. The fourth-order valence-corrected chi connectivity index (χ4v) is 1.74. The maximum Gasteiger partial charge on any atom is 0.0960 e. The molecular formula is C12H17N3. The normalized spacial score (nSPS) is 13.3. The lowest BCUT2D eigenvalue weighted by Crippen LogP contribution is -2.02. The van der Waals surface area contributed by atoms with E-state index in [2.05, 4.69) is 23.4 Å². The van der Waals surface area contributed by atoms with E-state index < -0.39 is 0 Å². The van der Waals surface area contributed by atoms with E-state index in [1.54, 1.807) is 0 Å². The summed E-state index contributed by atoms with van der Waals surface area (Å²) in [5.74, 6) is 0. The van der Waals surface area contributed by atoms with Gasteiger partial charge in [0, 0.05) is 11.7 Å². The maximum absolute atomic E-state index is 5.91. The van der Waals surface area contributed by atoms with Gasteiger partial charge in [-0.15, -0.1) is 0 Å². The zero-order valence-corrected chi connectivity index (χ0v) is 9.49. The Hall–Kier alpha value is -1.51. The van der Waals surface area contributed by atoms with Gasteiger partial charge >= 0.3 is 0 Å². The molecular weight excluding hydrogens is 186 g/mol. The van der Waals surface area contributed by atoms with Crippen LogP contribution in [0.1, 0.15) is 31.9 Å². The van der Waals surface area contributed by atoms with Gasteiger partial charge in [-0.25, -0.2) is 4.98 Å². The van der Waals surface area contributed by atoms with Gasteiger partial charge in [0.05, 0.1) is 17.4 Å². The minimum atomic E-state index is 0.470. The Balaban J connectivity index is 2.64. The third kappa shape index (κ3) is 1.58. The van der Waals surface area contributed by atoms with Gasteiger partial charge in [-0.2, -0.15) is 0 Å². The van der Waals surface area contributed by atoms with Crippen molar-refractivity contribution in [1.29, 1.82) is 0 Å². The van der Waals surface area contributed by atoms with Crippen molar-refractivity contribution < 1.29 is 0 Å². The van der Waals surface area contributed by atoms with Gasteiger partial charge in [0.15, 0.2) is 0 Å². The van der Waals surface area contributed by atoms with Crippen molar-refractivity contribution in [3.8, 4) is 0 Å². The molecule has 3 heteroatoms. The topological polar surface area (TPSA) is 43.8 Å². The fraction of sp³-hybridized carbons (Fsp3) is 0.417. The third-order valence-corrected chi connectivity index (χ3v) is 3.03. The Morgan fingerprint density at radius 1 is 1.47 bits per heavy atom. The van der Waals surface area contributed by atoms with E-state index in [1.807, 2.05) is 25.4 Å². The Morgan fingerprint density at radius 2 is 2.20 bits per heavy atom. The van der Waals surface area contributed by atoms with Crippen LogP contribution in [0, 0.1) is 6.92 Å². The van der Waals surface area contributed by atoms with Gasteiger partial charge in [-0.05, 0) is 38.0 Å². The highest BCUT2D eigenvalue weighted by Crippen LogP contribution is 2.24. The Labute approximate surface area is 89.9 Å². The van der Waals surface area contributed by atoms with Gasteiger partial charge in [0.1, 0.15) is 0 Å². The molecule has 2 rings (SSSR count). The molecule has 3 nitrogen and oxygen atoms in total. The lowest BCUT2D eigenvalue weighted by molar-refractivity contribution is 0.544. The Kier molecular flexibility index (Phi) is 2.39. The molecule has 80 valence electrons. The van der Waals surface area contributed by atoms with E-state index >= 15 is 0 Å². The molecule has 1 aromatic carbocycles. The van der Waals surface area contributed by atoms with Crippen LogP contribution in [0.15, 0.2) is 18.5 Å². The highest BCUT2D eigenvalue weighted by Gasteiger charge is 2.08. The quantitative estimate of drug-likeness (QED) is 0.763. The SMILES string of the molecule is CC[C@H](C)n1cnc2cc(C)c(N)cc21. The molecule has 0 amide bonds. The summed E-state index contributed by atoms with van der Waals surface area (Å²) in [7, 11) is 0. The van der Waals surface area contributed by atoms with Gasteiger partial charge in [-0.3, -0.25) is 0 Å². The molecule has 0 aliphatic heterocycles. The van der Waals surface area contributed by atoms with Crippen LogP contribution < -0.4 is 5.73 Å². The first-order chi connectivity index (χ1) is 7.13. The highest BCUT2D eigenvalue weighted by atomic mass is 15.1. The van der Waals surface area contributed by atoms with E-state index in [1.165, 1.54) is 0 Å². The zero-order chi connectivity index (χ0) is 11.0. The van der Waals surface area contributed by atoms with Crippen molar-refractivity contribution in [3.63, 3.8) is 0 Å². The van der Waals surface area contributed by atoms with Crippen molar-refractivity contribution >= 4 is 16.7 Å². The molecule has 2 N–H and O–H groups in total. The summed E-state index contributed by atoms with van der Waals surface area (Å²) in [6.07, 6.45) is 3.00.